The first-order valence-corrected chi connectivity index (χ1v) is 8.60. The van der Waals surface area contributed by atoms with Gasteiger partial charge in [-0.15, -0.1) is 0 Å². The van der Waals surface area contributed by atoms with Crippen LogP contribution in [-0.4, -0.2) is 33.0 Å². The number of carbonyl (C=O) groups is 1. The van der Waals surface area contributed by atoms with E-state index in [1.165, 1.54) is 5.56 Å². The summed E-state index contributed by atoms with van der Waals surface area (Å²) in [6.45, 7) is 4.07. The Hall–Kier alpha value is -3.02. The van der Waals surface area contributed by atoms with E-state index in [1.807, 2.05) is 33.0 Å². The van der Waals surface area contributed by atoms with Crippen molar-refractivity contribution >= 4 is 5.91 Å². The van der Waals surface area contributed by atoms with Crippen LogP contribution < -0.4 is 0 Å². The molecule has 0 spiro atoms. The maximum absolute atomic E-state index is 12.5. The summed E-state index contributed by atoms with van der Waals surface area (Å²) in [5.41, 5.74) is 3.16. The molecule has 3 aromatic rings. The first-order chi connectivity index (χ1) is 12.5. The molecule has 0 aliphatic heterocycles. The van der Waals surface area contributed by atoms with E-state index in [9.17, 15) is 4.79 Å². The van der Waals surface area contributed by atoms with Crippen LogP contribution in [0.5, 0.6) is 0 Å². The van der Waals surface area contributed by atoms with E-state index in [1.54, 1.807) is 17.3 Å². The quantitative estimate of drug-likeness (QED) is 0.679. The first kappa shape index (κ1) is 17.8. The number of pyridine rings is 1. The Kier molecular flexibility index (Phi) is 5.41. The second-order valence-corrected chi connectivity index (χ2v) is 6.34. The Labute approximate surface area is 152 Å². The highest BCUT2D eigenvalue weighted by atomic mass is 16.5. The number of hydrogen-bond donors (Lipinski definition) is 0. The van der Waals surface area contributed by atoms with Crippen molar-refractivity contribution in [3.05, 3.63) is 65.8 Å². The van der Waals surface area contributed by atoms with Crippen molar-refractivity contribution in [1.82, 2.24) is 20.0 Å². The average Bonchev–Trinajstić information content (AvgIpc) is 3.15. The highest BCUT2D eigenvalue weighted by Crippen LogP contribution is 2.20. The summed E-state index contributed by atoms with van der Waals surface area (Å²) in [5.74, 6) is 1.01. The molecule has 6 heteroatoms. The number of benzene rings is 1. The fourth-order valence-electron chi connectivity index (χ4n) is 2.65. The zero-order valence-electron chi connectivity index (χ0n) is 15.2. The maximum Gasteiger partial charge on any atom is 0.227 e. The maximum atomic E-state index is 12.5. The van der Waals surface area contributed by atoms with Crippen LogP contribution >= 0.6 is 0 Å². The molecule has 1 unspecified atom stereocenters. The van der Waals surface area contributed by atoms with Crippen LogP contribution in [-0.2, 0) is 11.2 Å². The zero-order valence-corrected chi connectivity index (χ0v) is 15.2. The largest absolute Gasteiger partial charge is 0.339 e. The fraction of sp³-hybridized carbons (Fsp3) is 0.300. The zero-order chi connectivity index (χ0) is 18.5. The first-order valence-electron chi connectivity index (χ1n) is 8.60. The van der Waals surface area contributed by atoms with E-state index in [4.69, 9.17) is 4.52 Å². The third kappa shape index (κ3) is 4.14. The summed E-state index contributed by atoms with van der Waals surface area (Å²) in [5, 5.41) is 3.96. The van der Waals surface area contributed by atoms with Crippen molar-refractivity contribution in [3.8, 4) is 11.4 Å². The fourth-order valence-corrected chi connectivity index (χ4v) is 2.65. The van der Waals surface area contributed by atoms with Crippen molar-refractivity contribution in [2.75, 3.05) is 7.05 Å². The predicted octanol–water partition coefficient (Wildman–Crippen LogP) is 3.59. The van der Waals surface area contributed by atoms with E-state index < -0.39 is 0 Å². The number of amides is 1. The van der Waals surface area contributed by atoms with Crippen LogP contribution in [0.4, 0.5) is 0 Å². The van der Waals surface area contributed by atoms with Gasteiger partial charge in [-0.2, -0.15) is 4.98 Å². The molecule has 3 rings (SSSR count). The lowest BCUT2D eigenvalue weighted by molar-refractivity contribution is -0.131. The predicted molar refractivity (Wildman–Crippen MR) is 98.2 cm³/mol. The Morgan fingerprint density at radius 2 is 1.85 bits per heavy atom. The Morgan fingerprint density at radius 1 is 1.15 bits per heavy atom. The lowest BCUT2D eigenvalue weighted by atomic mass is 10.1. The van der Waals surface area contributed by atoms with Crippen LogP contribution in [0.15, 0.2) is 53.3 Å². The number of aromatic nitrogens is 3. The van der Waals surface area contributed by atoms with E-state index in [0.717, 1.165) is 11.1 Å². The molecule has 0 bridgehead atoms. The Morgan fingerprint density at radius 3 is 2.54 bits per heavy atom. The van der Waals surface area contributed by atoms with Gasteiger partial charge in [0.1, 0.15) is 0 Å². The summed E-state index contributed by atoms with van der Waals surface area (Å²) < 4.78 is 5.26. The van der Waals surface area contributed by atoms with E-state index in [2.05, 4.69) is 39.4 Å². The van der Waals surface area contributed by atoms with Crippen molar-refractivity contribution in [2.45, 2.75) is 32.7 Å². The van der Waals surface area contributed by atoms with Gasteiger partial charge in [-0.05, 0) is 31.5 Å². The molecule has 0 aliphatic carbocycles. The monoisotopic (exact) mass is 350 g/mol. The molecule has 6 nitrogen and oxygen atoms in total. The van der Waals surface area contributed by atoms with Gasteiger partial charge in [0.2, 0.25) is 17.6 Å². The number of carbonyl (C=O) groups excluding carboxylic acids is 1. The summed E-state index contributed by atoms with van der Waals surface area (Å²) in [7, 11) is 1.82. The van der Waals surface area contributed by atoms with Gasteiger partial charge in [0.15, 0.2) is 0 Å². The third-order valence-electron chi connectivity index (χ3n) is 4.49. The molecule has 0 saturated carbocycles. The normalized spacial score (nSPS) is 12.0. The number of aryl methyl sites for hydroxylation is 2. The van der Waals surface area contributed by atoms with E-state index >= 15 is 0 Å². The van der Waals surface area contributed by atoms with Gasteiger partial charge in [-0.25, -0.2) is 0 Å². The molecule has 2 heterocycles. The second kappa shape index (κ2) is 7.91. The second-order valence-electron chi connectivity index (χ2n) is 6.34. The summed E-state index contributed by atoms with van der Waals surface area (Å²) in [4.78, 5) is 22.6. The van der Waals surface area contributed by atoms with Crippen LogP contribution in [0.3, 0.4) is 0 Å². The molecule has 1 amide bonds. The van der Waals surface area contributed by atoms with Crippen molar-refractivity contribution in [2.24, 2.45) is 0 Å². The van der Waals surface area contributed by atoms with Gasteiger partial charge in [0.25, 0.3) is 0 Å². The van der Waals surface area contributed by atoms with Crippen LogP contribution in [0.1, 0.15) is 36.4 Å². The molecule has 0 N–H and O–H groups in total. The summed E-state index contributed by atoms with van der Waals surface area (Å²) in [6, 6.07) is 11.9. The third-order valence-corrected chi connectivity index (χ3v) is 4.49. The molecule has 0 radical (unpaired) electrons. The summed E-state index contributed by atoms with van der Waals surface area (Å²) >= 11 is 0. The molecule has 1 atom stereocenters. The topological polar surface area (TPSA) is 72.1 Å². The van der Waals surface area contributed by atoms with Crippen molar-refractivity contribution < 1.29 is 9.32 Å². The minimum absolute atomic E-state index is 0.0122. The highest BCUT2D eigenvalue weighted by molar-refractivity contribution is 5.76. The van der Waals surface area contributed by atoms with E-state index in [-0.39, 0.29) is 11.9 Å². The number of nitrogens with zero attached hydrogens (tertiary/aromatic N) is 4. The van der Waals surface area contributed by atoms with Crippen LogP contribution in [0.2, 0.25) is 0 Å². The SMILES string of the molecule is Cc1ccc(C(C)N(C)C(=O)CCc2nc(-c3ccncc3)no2)cc1. The molecule has 0 fully saturated rings. The number of rotatable bonds is 6. The van der Waals surface area contributed by atoms with Gasteiger partial charge in [-0.3, -0.25) is 9.78 Å². The van der Waals surface area contributed by atoms with Crippen LogP contribution in [0, 0.1) is 6.92 Å². The molecular formula is C20H22N4O2. The molecule has 0 saturated heterocycles. The molecule has 1 aromatic carbocycles. The van der Waals surface area contributed by atoms with Gasteiger partial charge in [-0.1, -0.05) is 35.0 Å². The lowest BCUT2D eigenvalue weighted by Crippen LogP contribution is -2.29. The van der Waals surface area contributed by atoms with Gasteiger partial charge >= 0.3 is 0 Å². The molecule has 26 heavy (non-hydrogen) atoms. The number of hydrogen-bond acceptors (Lipinski definition) is 5. The van der Waals surface area contributed by atoms with Gasteiger partial charge < -0.3 is 9.42 Å². The van der Waals surface area contributed by atoms with Gasteiger partial charge in [0, 0.05) is 37.8 Å². The average molecular weight is 350 g/mol. The van der Waals surface area contributed by atoms with E-state index in [0.29, 0.717) is 24.6 Å². The minimum atomic E-state index is 0.0122. The molecule has 134 valence electrons. The molecule has 0 aliphatic rings. The smallest absolute Gasteiger partial charge is 0.227 e. The standard InChI is InChI=1S/C20H22N4O2/c1-14-4-6-16(7-5-14)15(2)24(3)19(25)9-8-18-22-20(23-26-18)17-10-12-21-13-11-17/h4-7,10-13,15H,8-9H2,1-3H3. The Balaban J connectivity index is 1.58. The van der Waals surface area contributed by atoms with Crippen molar-refractivity contribution in [1.29, 1.82) is 0 Å². The summed E-state index contributed by atoms with van der Waals surface area (Å²) in [6.07, 6.45) is 4.10. The minimum Gasteiger partial charge on any atom is -0.339 e. The molecule has 2 aromatic heterocycles. The molecular weight excluding hydrogens is 328 g/mol. The van der Waals surface area contributed by atoms with Gasteiger partial charge in [0.05, 0.1) is 6.04 Å². The Bertz CT molecular complexity index is 859. The highest BCUT2D eigenvalue weighted by Gasteiger charge is 2.18. The lowest BCUT2D eigenvalue weighted by Gasteiger charge is -2.25. The van der Waals surface area contributed by atoms with Crippen molar-refractivity contribution in [3.63, 3.8) is 0 Å². The van der Waals surface area contributed by atoms with Crippen LogP contribution in [0.25, 0.3) is 11.4 Å².